The van der Waals surface area contributed by atoms with E-state index in [4.69, 9.17) is 0 Å². The fraction of sp³-hybridized carbons (Fsp3) is 0.381. The maximum atomic E-state index is 13.0. The summed E-state index contributed by atoms with van der Waals surface area (Å²) in [7, 11) is -6.58. The monoisotopic (exact) mass is 480 g/mol. The van der Waals surface area contributed by atoms with Gasteiger partial charge in [0.05, 0.1) is 22.0 Å². The van der Waals surface area contributed by atoms with Gasteiger partial charge in [-0.1, -0.05) is 18.2 Å². The van der Waals surface area contributed by atoms with Crippen LogP contribution in [0.2, 0.25) is 0 Å². The summed E-state index contributed by atoms with van der Waals surface area (Å²) in [6, 6.07) is 13.3. The Morgan fingerprint density at radius 2 is 1.81 bits per heavy atom. The topological polar surface area (TPSA) is 101 Å². The molecule has 2 aliphatic rings. The third-order valence-electron chi connectivity index (χ3n) is 5.41. The van der Waals surface area contributed by atoms with Crippen molar-refractivity contribution in [1.82, 2.24) is 4.31 Å². The standard InChI is InChI=1S/C21H24N2O5S3/c24-21(19-8-1-2-9-20(19)29-17-10-13-30(25,26)15-17)22-16-6-5-7-18(14-16)31(27,28)23-11-3-4-12-23/h1-2,5-9,14,17H,3-4,10-13,15H2,(H,22,24)/t17-/m0/s1. The van der Waals surface area contributed by atoms with Gasteiger partial charge in [-0.05, 0) is 49.6 Å². The summed E-state index contributed by atoms with van der Waals surface area (Å²) < 4.78 is 50.6. The van der Waals surface area contributed by atoms with Crippen molar-refractivity contribution in [2.75, 3.05) is 29.9 Å². The SMILES string of the molecule is O=C(Nc1cccc(S(=O)(=O)N2CCCC2)c1)c1ccccc1S[C@H]1CCS(=O)(=O)C1. The van der Waals surface area contributed by atoms with Gasteiger partial charge in [0.1, 0.15) is 0 Å². The molecule has 1 atom stereocenters. The minimum Gasteiger partial charge on any atom is -0.322 e. The van der Waals surface area contributed by atoms with E-state index in [-0.39, 0.29) is 27.6 Å². The molecule has 2 aromatic carbocycles. The van der Waals surface area contributed by atoms with Gasteiger partial charge in [-0.15, -0.1) is 11.8 Å². The van der Waals surface area contributed by atoms with Crippen molar-refractivity contribution < 1.29 is 21.6 Å². The average Bonchev–Trinajstić information content (AvgIpc) is 3.39. The summed E-state index contributed by atoms with van der Waals surface area (Å²) in [4.78, 5) is 13.8. The van der Waals surface area contributed by atoms with Crippen LogP contribution in [0.3, 0.4) is 0 Å². The minimum absolute atomic E-state index is 0.0760. The van der Waals surface area contributed by atoms with E-state index >= 15 is 0 Å². The van der Waals surface area contributed by atoms with Crippen LogP contribution in [0.5, 0.6) is 0 Å². The third-order valence-corrected chi connectivity index (χ3v) is 10.6. The molecule has 2 aliphatic heterocycles. The fourth-order valence-electron chi connectivity index (χ4n) is 3.80. The molecule has 0 unspecified atom stereocenters. The number of benzene rings is 2. The van der Waals surface area contributed by atoms with E-state index in [1.54, 1.807) is 30.3 Å². The number of hydrogen-bond donors (Lipinski definition) is 1. The second-order valence-electron chi connectivity index (χ2n) is 7.73. The Hall–Kier alpha value is -1.88. The highest BCUT2D eigenvalue weighted by atomic mass is 32.2. The number of sulfonamides is 1. The van der Waals surface area contributed by atoms with Crippen LogP contribution >= 0.6 is 11.8 Å². The summed E-state index contributed by atoms with van der Waals surface area (Å²) in [5, 5.41) is 2.71. The number of hydrogen-bond acceptors (Lipinski definition) is 6. The molecule has 10 heteroatoms. The van der Waals surface area contributed by atoms with Crippen LogP contribution in [0.4, 0.5) is 5.69 Å². The molecular weight excluding hydrogens is 456 g/mol. The molecule has 0 aliphatic carbocycles. The predicted molar refractivity (Wildman–Crippen MR) is 122 cm³/mol. The highest BCUT2D eigenvalue weighted by molar-refractivity contribution is 8.02. The zero-order chi connectivity index (χ0) is 22.1. The van der Waals surface area contributed by atoms with Crippen LogP contribution in [0, 0.1) is 0 Å². The summed E-state index contributed by atoms with van der Waals surface area (Å²) in [6.07, 6.45) is 2.28. The number of nitrogens with zero attached hydrogens (tertiary/aromatic N) is 1. The van der Waals surface area contributed by atoms with Gasteiger partial charge in [-0.3, -0.25) is 4.79 Å². The Bertz CT molecular complexity index is 1190. The third kappa shape index (κ3) is 5.14. The summed E-state index contributed by atoms with van der Waals surface area (Å²) in [5.74, 6) is -0.0684. The van der Waals surface area contributed by atoms with Crippen molar-refractivity contribution in [1.29, 1.82) is 0 Å². The molecule has 31 heavy (non-hydrogen) atoms. The van der Waals surface area contributed by atoms with E-state index in [1.165, 1.54) is 28.2 Å². The molecule has 2 saturated heterocycles. The Labute approximate surface area is 187 Å². The van der Waals surface area contributed by atoms with Crippen molar-refractivity contribution in [2.24, 2.45) is 0 Å². The quantitative estimate of drug-likeness (QED) is 0.682. The van der Waals surface area contributed by atoms with Gasteiger partial charge in [-0.2, -0.15) is 4.31 Å². The van der Waals surface area contributed by atoms with E-state index in [0.29, 0.717) is 35.7 Å². The highest BCUT2D eigenvalue weighted by Crippen LogP contribution is 2.33. The fourth-order valence-corrected chi connectivity index (χ4v) is 8.99. The lowest BCUT2D eigenvalue weighted by Crippen LogP contribution is -2.27. The largest absolute Gasteiger partial charge is 0.322 e. The lowest BCUT2D eigenvalue weighted by molar-refractivity contribution is 0.102. The summed E-state index contributed by atoms with van der Waals surface area (Å²) >= 11 is 1.40. The molecule has 166 valence electrons. The predicted octanol–water partition coefficient (Wildman–Crippen LogP) is 3.00. The van der Waals surface area contributed by atoms with Gasteiger partial charge >= 0.3 is 0 Å². The number of nitrogens with one attached hydrogen (secondary N) is 1. The van der Waals surface area contributed by atoms with Crippen molar-refractivity contribution in [3.8, 4) is 0 Å². The van der Waals surface area contributed by atoms with E-state index in [0.717, 1.165) is 12.8 Å². The zero-order valence-electron chi connectivity index (χ0n) is 16.9. The molecule has 2 fully saturated rings. The van der Waals surface area contributed by atoms with Crippen LogP contribution in [-0.2, 0) is 19.9 Å². The molecule has 0 saturated carbocycles. The molecule has 0 bridgehead atoms. The highest BCUT2D eigenvalue weighted by Gasteiger charge is 2.30. The van der Waals surface area contributed by atoms with Crippen LogP contribution < -0.4 is 5.32 Å². The number of anilines is 1. The maximum Gasteiger partial charge on any atom is 0.256 e. The van der Waals surface area contributed by atoms with Gasteiger partial charge < -0.3 is 5.32 Å². The van der Waals surface area contributed by atoms with Crippen LogP contribution in [0.1, 0.15) is 29.6 Å². The summed E-state index contributed by atoms with van der Waals surface area (Å²) in [6.45, 7) is 1.03. The van der Waals surface area contributed by atoms with Gasteiger partial charge in [-0.25, -0.2) is 16.8 Å². The normalized spacial score (nSPS) is 21.2. The second kappa shape index (κ2) is 8.93. The summed E-state index contributed by atoms with van der Waals surface area (Å²) in [5.41, 5.74) is 0.832. The van der Waals surface area contributed by atoms with E-state index in [1.807, 2.05) is 6.07 Å². The first-order valence-corrected chi connectivity index (χ1v) is 14.3. The van der Waals surface area contributed by atoms with Crippen molar-refractivity contribution in [3.05, 3.63) is 54.1 Å². The van der Waals surface area contributed by atoms with Gasteiger partial charge in [0, 0.05) is 28.9 Å². The Morgan fingerprint density at radius 3 is 2.52 bits per heavy atom. The average molecular weight is 481 g/mol. The molecule has 0 spiro atoms. The lowest BCUT2D eigenvalue weighted by Gasteiger charge is -2.16. The molecule has 4 rings (SSSR count). The van der Waals surface area contributed by atoms with Gasteiger partial charge in [0.25, 0.3) is 5.91 Å². The van der Waals surface area contributed by atoms with Crippen molar-refractivity contribution >= 4 is 43.2 Å². The van der Waals surface area contributed by atoms with Crippen LogP contribution in [0.25, 0.3) is 0 Å². The van der Waals surface area contributed by atoms with E-state index < -0.39 is 19.9 Å². The van der Waals surface area contributed by atoms with E-state index in [2.05, 4.69) is 5.32 Å². The first-order chi connectivity index (χ1) is 14.7. The first kappa shape index (κ1) is 22.3. The number of rotatable bonds is 6. The zero-order valence-corrected chi connectivity index (χ0v) is 19.3. The second-order valence-corrected chi connectivity index (χ2v) is 13.2. The van der Waals surface area contributed by atoms with Crippen LogP contribution in [-0.4, -0.2) is 56.9 Å². The Morgan fingerprint density at radius 1 is 1.06 bits per heavy atom. The Kier molecular flexibility index (Phi) is 6.43. The number of carbonyl (C=O) groups is 1. The number of sulfone groups is 1. The lowest BCUT2D eigenvalue weighted by atomic mass is 10.2. The molecule has 0 radical (unpaired) electrons. The van der Waals surface area contributed by atoms with E-state index in [9.17, 15) is 21.6 Å². The molecule has 1 amide bonds. The molecule has 2 aromatic rings. The smallest absolute Gasteiger partial charge is 0.256 e. The van der Waals surface area contributed by atoms with Crippen LogP contribution in [0.15, 0.2) is 58.3 Å². The number of thioether (sulfide) groups is 1. The van der Waals surface area contributed by atoms with Gasteiger partial charge in [0.15, 0.2) is 9.84 Å². The first-order valence-electron chi connectivity index (χ1n) is 10.1. The molecule has 0 aromatic heterocycles. The Balaban J connectivity index is 1.52. The van der Waals surface area contributed by atoms with Gasteiger partial charge in [0.2, 0.25) is 10.0 Å². The van der Waals surface area contributed by atoms with Crippen molar-refractivity contribution in [3.63, 3.8) is 0 Å². The maximum absolute atomic E-state index is 13.0. The molecule has 2 heterocycles. The number of carbonyl (C=O) groups excluding carboxylic acids is 1. The molecular formula is C21H24N2O5S3. The number of amides is 1. The van der Waals surface area contributed by atoms with Crippen molar-refractivity contribution in [2.45, 2.75) is 34.3 Å². The molecule has 1 N–H and O–H groups in total. The molecule has 7 nitrogen and oxygen atoms in total. The minimum atomic E-state index is -3.58.